The van der Waals surface area contributed by atoms with Crippen LogP contribution in [0.15, 0.2) is 76.1 Å². The van der Waals surface area contributed by atoms with E-state index in [1.54, 1.807) is 18.2 Å². The predicted molar refractivity (Wildman–Crippen MR) is 108 cm³/mol. The van der Waals surface area contributed by atoms with Gasteiger partial charge in [-0.15, -0.1) is 0 Å². The molecule has 2 aromatic heterocycles. The highest BCUT2D eigenvalue weighted by Gasteiger charge is 2.44. The molecule has 0 saturated carbocycles. The number of non-ortho nitro benzene ring substituents is 1. The first-order valence-electron chi connectivity index (χ1n) is 9.21. The molecule has 0 aliphatic carbocycles. The third-order valence-corrected chi connectivity index (χ3v) is 5.15. The molecule has 1 amide bonds. The summed E-state index contributed by atoms with van der Waals surface area (Å²) in [4.78, 5) is 42.6. The van der Waals surface area contributed by atoms with Crippen molar-refractivity contribution in [1.29, 1.82) is 0 Å². The number of carbonyl (C=O) groups excluding carboxylic acids is 1. The van der Waals surface area contributed by atoms with Crippen molar-refractivity contribution in [2.75, 3.05) is 4.90 Å². The molecule has 4 aromatic rings. The number of pyridine rings is 1. The number of nitro benzene ring substituents is 1. The van der Waals surface area contributed by atoms with Crippen LogP contribution in [-0.2, 0) is 0 Å². The highest BCUT2D eigenvalue weighted by molar-refractivity contribution is 6.10. The van der Waals surface area contributed by atoms with Gasteiger partial charge in [-0.1, -0.05) is 6.07 Å². The minimum absolute atomic E-state index is 0.00123. The molecule has 0 unspecified atom stereocenters. The molecule has 0 radical (unpaired) electrons. The summed E-state index contributed by atoms with van der Waals surface area (Å²) in [5.74, 6) is -1.09. The number of fused-ring (bicyclic) bond motifs is 2. The lowest BCUT2D eigenvalue weighted by Gasteiger charge is -2.24. The third-order valence-electron chi connectivity index (χ3n) is 5.15. The Kier molecular flexibility index (Phi) is 4.11. The van der Waals surface area contributed by atoms with E-state index in [-0.39, 0.29) is 33.8 Å². The number of aromatic nitrogens is 1. The van der Waals surface area contributed by atoms with E-state index in [4.69, 9.17) is 4.42 Å². The molecule has 0 N–H and O–H groups in total. The highest BCUT2D eigenvalue weighted by atomic mass is 19.1. The van der Waals surface area contributed by atoms with Gasteiger partial charge in [0.05, 0.1) is 21.9 Å². The van der Waals surface area contributed by atoms with Gasteiger partial charge in [0.2, 0.25) is 5.76 Å². The fourth-order valence-corrected chi connectivity index (χ4v) is 3.77. The summed E-state index contributed by atoms with van der Waals surface area (Å²) < 4.78 is 19.5. The molecule has 8 nitrogen and oxygen atoms in total. The van der Waals surface area contributed by atoms with Crippen LogP contribution in [0.2, 0.25) is 0 Å². The van der Waals surface area contributed by atoms with Crippen molar-refractivity contribution in [3.63, 3.8) is 0 Å². The van der Waals surface area contributed by atoms with Gasteiger partial charge in [0.1, 0.15) is 17.2 Å². The zero-order chi connectivity index (χ0) is 21.7. The smallest absolute Gasteiger partial charge is 0.296 e. The minimum Gasteiger partial charge on any atom is -0.450 e. The summed E-state index contributed by atoms with van der Waals surface area (Å²) >= 11 is 0. The number of amides is 1. The average Bonchev–Trinajstić information content (AvgIpc) is 3.07. The summed E-state index contributed by atoms with van der Waals surface area (Å²) in [5.41, 5.74) is -0.117. The van der Waals surface area contributed by atoms with Crippen molar-refractivity contribution in [2.45, 2.75) is 6.04 Å². The Morgan fingerprint density at radius 1 is 1.06 bits per heavy atom. The average molecular weight is 417 g/mol. The molecule has 31 heavy (non-hydrogen) atoms. The number of carbonyl (C=O) groups is 1. The van der Waals surface area contributed by atoms with Gasteiger partial charge >= 0.3 is 0 Å². The molecule has 2 aromatic carbocycles. The molecule has 0 fully saturated rings. The van der Waals surface area contributed by atoms with E-state index in [0.29, 0.717) is 5.56 Å². The van der Waals surface area contributed by atoms with E-state index in [9.17, 15) is 24.1 Å². The minimum atomic E-state index is -0.942. The first-order chi connectivity index (χ1) is 15.0. The van der Waals surface area contributed by atoms with Crippen molar-refractivity contribution in [2.24, 2.45) is 0 Å². The van der Waals surface area contributed by atoms with Crippen LogP contribution in [0.1, 0.15) is 27.7 Å². The fraction of sp³-hybridized carbons (Fsp3) is 0.0455. The zero-order valence-corrected chi connectivity index (χ0v) is 15.7. The molecule has 0 saturated heterocycles. The lowest BCUT2D eigenvalue weighted by Crippen LogP contribution is -2.30. The van der Waals surface area contributed by atoms with Crippen LogP contribution in [0.3, 0.4) is 0 Å². The fourth-order valence-electron chi connectivity index (χ4n) is 3.77. The maximum atomic E-state index is 13.8. The summed E-state index contributed by atoms with van der Waals surface area (Å²) in [6, 6.07) is 13.0. The van der Waals surface area contributed by atoms with E-state index in [1.165, 1.54) is 41.4 Å². The second-order valence-electron chi connectivity index (χ2n) is 6.93. The van der Waals surface area contributed by atoms with Crippen molar-refractivity contribution < 1.29 is 18.5 Å². The maximum Gasteiger partial charge on any atom is 0.296 e. The number of halogens is 1. The first-order valence-corrected chi connectivity index (χ1v) is 9.21. The van der Waals surface area contributed by atoms with Gasteiger partial charge in [-0.2, -0.15) is 0 Å². The molecule has 1 atom stereocenters. The Bertz CT molecular complexity index is 1420. The Morgan fingerprint density at radius 3 is 2.52 bits per heavy atom. The number of anilines is 1. The van der Waals surface area contributed by atoms with Gasteiger partial charge in [-0.25, -0.2) is 9.37 Å². The van der Waals surface area contributed by atoms with Gasteiger partial charge < -0.3 is 4.42 Å². The van der Waals surface area contributed by atoms with Crippen LogP contribution in [0.5, 0.6) is 0 Å². The Labute approximate surface area is 173 Å². The lowest BCUT2D eigenvalue weighted by atomic mass is 9.98. The molecular weight excluding hydrogens is 405 g/mol. The quantitative estimate of drug-likeness (QED) is 0.369. The van der Waals surface area contributed by atoms with E-state index in [2.05, 4.69) is 4.98 Å². The number of rotatable bonds is 3. The zero-order valence-electron chi connectivity index (χ0n) is 15.7. The highest BCUT2D eigenvalue weighted by Crippen LogP contribution is 2.40. The van der Waals surface area contributed by atoms with Crippen LogP contribution < -0.4 is 10.3 Å². The van der Waals surface area contributed by atoms with Crippen LogP contribution in [0, 0.1) is 15.9 Å². The first kappa shape index (κ1) is 18.6. The normalized spacial score (nSPS) is 15.3. The third kappa shape index (κ3) is 2.86. The Hall–Kier alpha value is -4.40. The van der Waals surface area contributed by atoms with Crippen LogP contribution in [0.25, 0.3) is 11.0 Å². The molecule has 0 bridgehead atoms. The summed E-state index contributed by atoms with van der Waals surface area (Å²) in [6.07, 6.45) is 1.50. The monoisotopic (exact) mass is 417 g/mol. The summed E-state index contributed by atoms with van der Waals surface area (Å²) in [5, 5.41) is 11.0. The van der Waals surface area contributed by atoms with Crippen molar-refractivity contribution in [3.8, 4) is 0 Å². The lowest BCUT2D eigenvalue weighted by molar-refractivity contribution is -0.384. The number of benzene rings is 2. The molecule has 5 rings (SSSR count). The van der Waals surface area contributed by atoms with Gasteiger partial charge in [-0.3, -0.25) is 24.6 Å². The second kappa shape index (κ2) is 6.84. The van der Waals surface area contributed by atoms with Crippen LogP contribution in [-0.4, -0.2) is 15.8 Å². The number of nitrogens with zero attached hydrogens (tertiary/aromatic N) is 3. The standard InChI is InChI=1S/C22H12FN3O5/c23-13-6-9-16-15(11-13)20(27)18-19(12-4-7-14(8-5-12)26(29)30)25(22(28)21(18)31-16)17-3-1-2-10-24-17/h1-11,19H/t19-/m1/s1. The van der Waals surface area contributed by atoms with Gasteiger partial charge in [0.25, 0.3) is 11.6 Å². The molecule has 3 heterocycles. The van der Waals surface area contributed by atoms with Crippen molar-refractivity contribution in [1.82, 2.24) is 4.98 Å². The maximum absolute atomic E-state index is 13.8. The topological polar surface area (TPSA) is 107 Å². The predicted octanol–water partition coefficient (Wildman–Crippen LogP) is 3.99. The van der Waals surface area contributed by atoms with Gasteiger partial charge in [0.15, 0.2) is 5.43 Å². The molecule has 152 valence electrons. The van der Waals surface area contributed by atoms with E-state index in [1.807, 2.05) is 0 Å². The number of hydrogen-bond donors (Lipinski definition) is 0. The Balaban J connectivity index is 1.79. The SMILES string of the molecule is O=C1c2oc3ccc(F)cc3c(=O)c2[C@@H](c2ccc([N+](=O)[O-])cc2)N1c1ccccn1. The van der Waals surface area contributed by atoms with E-state index < -0.39 is 28.1 Å². The van der Waals surface area contributed by atoms with E-state index >= 15 is 0 Å². The van der Waals surface area contributed by atoms with Crippen LogP contribution in [0.4, 0.5) is 15.9 Å². The number of hydrogen-bond acceptors (Lipinski definition) is 6. The van der Waals surface area contributed by atoms with Gasteiger partial charge in [-0.05, 0) is 48.0 Å². The van der Waals surface area contributed by atoms with Crippen LogP contribution >= 0.6 is 0 Å². The van der Waals surface area contributed by atoms with Gasteiger partial charge in [0, 0.05) is 18.3 Å². The van der Waals surface area contributed by atoms with E-state index in [0.717, 1.165) is 12.1 Å². The summed E-state index contributed by atoms with van der Waals surface area (Å²) in [6.45, 7) is 0. The largest absolute Gasteiger partial charge is 0.450 e. The Morgan fingerprint density at radius 2 is 1.84 bits per heavy atom. The van der Waals surface area contributed by atoms with Crippen molar-refractivity contribution in [3.05, 3.63) is 110 Å². The molecule has 0 spiro atoms. The summed E-state index contributed by atoms with van der Waals surface area (Å²) in [7, 11) is 0. The molecule has 1 aliphatic heterocycles. The molecular formula is C22H12FN3O5. The second-order valence-corrected chi connectivity index (χ2v) is 6.93. The molecule has 1 aliphatic rings. The molecule has 9 heteroatoms. The van der Waals surface area contributed by atoms with Crippen molar-refractivity contribution >= 4 is 28.4 Å². The number of nitro groups is 1.